The summed E-state index contributed by atoms with van der Waals surface area (Å²) in [4.78, 5) is 22.5. The molecule has 3 N–H and O–H groups in total. The highest BCUT2D eigenvalue weighted by atomic mass is 19.1. The zero-order chi connectivity index (χ0) is 16.2. The molecular weight excluding hydrogens is 289 g/mol. The van der Waals surface area contributed by atoms with Crippen molar-refractivity contribution >= 4 is 17.7 Å². The molecule has 1 aromatic carbocycles. The molecule has 5 nitrogen and oxygen atoms in total. The topological polar surface area (TPSA) is 78.4 Å². The summed E-state index contributed by atoms with van der Waals surface area (Å²) in [6.07, 6.45) is 0.150. The Kier molecular flexibility index (Phi) is 5.57. The van der Waals surface area contributed by atoms with Crippen molar-refractivity contribution in [3.05, 3.63) is 29.6 Å². The highest BCUT2D eigenvalue weighted by Gasteiger charge is 2.22. The van der Waals surface area contributed by atoms with Gasteiger partial charge in [0.15, 0.2) is 11.6 Å². The molecule has 1 aromatic rings. The molecule has 0 bridgehead atoms. The number of amides is 2. The van der Waals surface area contributed by atoms with E-state index in [0.29, 0.717) is 12.1 Å². The normalized spacial score (nSPS) is 12.1. The number of rotatable bonds is 5. The van der Waals surface area contributed by atoms with Gasteiger partial charge in [0.2, 0.25) is 0 Å². The second-order valence-corrected chi connectivity index (χ2v) is 4.86. The molecule has 0 unspecified atom stereocenters. The Balaban J connectivity index is 2.79. The number of benzene rings is 1. The van der Waals surface area contributed by atoms with Gasteiger partial charge in [-0.1, -0.05) is 13.8 Å². The number of anilines is 1. The molecule has 116 valence electrons. The van der Waals surface area contributed by atoms with Crippen molar-refractivity contribution in [3.63, 3.8) is 0 Å². The molecule has 2 amide bonds. The molecule has 0 saturated heterocycles. The molecule has 0 aliphatic heterocycles. The van der Waals surface area contributed by atoms with Crippen molar-refractivity contribution in [2.75, 3.05) is 5.32 Å². The molecule has 0 heterocycles. The number of carboxylic acids is 1. The molecule has 0 aromatic heterocycles. The van der Waals surface area contributed by atoms with Gasteiger partial charge in [-0.15, -0.1) is 0 Å². The molecule has 0 spiro atoms. The van der Waals surface area contributed by atoms with Crippen molar-refractivity contribution in [3.8, 4) is 0 Å². The van der Waals surface area contributed by atoms with Crippen LogP contribution in [-0.2, 0) is 4.79 Å². The monoisotopic (exact) mass is 304 g/mol. The Morgan fingerprint density at radius 2 is 1.71 bits per heavy atom. The van der Waals surface area contributed by atoms with E-state index in [4.69, 9.17) is 5.11 Å². The van der Waals surface area contributed by atoms with Crippen LogP contribution in [0.25, 0.3) is 0 Å². The average molecular weight is 304 g/mol. The van der Waals surface area contributed by atoms with Gasteiger partial charge in [-0.3, -0.25) is 0 Å². The summed E-state index contributed by atoms with van der Waals surface area (Å²) < 4.78 is 39.4. The lowest BCUT2D eigenvalue weighted by Crippen LogP contribution is -2.44. The summed E-state index contributed by atoms with van der Waals surface area (Å²) in [5.41, 5.74) is -0.845. The minimum absolute atomic E-state index is 0.00862. The zero-order valence-corrected chi connectivity index (χ0v) is 11.4. The van der Waals surface area contributed by atoms with Crippen LogP contribution in [0.5, 0.6) is 0 Å². The Bertz CT molecular complexity index is 526. The van der Waals surface area contributed by atoms with Crippen molar-refractivity contribution < 1.29 is 27.9 Å². The SMILES string of the molecule is CC(C)C[C@H](NC(=O)Nc1c(F)cc(F)cc1F)C(=O)O. The lowest BCUT2D eigenvalue weighted by molar-refractivity contribution is -0.139. The number of nitrogens with one attached hydrogen (secondary N) is 2. The standard InChI is InChI=1S/C13H15F3N2O3/c1-6(2)3-10(12(19)20)17-13(21)18-11-8(15)4-7(14)5-9(11)16/h4-6,10H,3H2,1-2H3,(H,19,20)(H2,17,18,21)/t10-/m0/s1. The van der Waals surface area contributed by atoms with Gasteiger partial charge in [-0.2, -0.15) is 0 Å². The fourth-order valence-electron chi connectivity index (χ4n) is 1.66. The van der Waals surface area contributed by atoms with Crippen LogP contribution in [0.1, 0.15) is 20.3 Å². The molecule has 8 heteroatoms. The average Bonchev–Trinajstić information content (AvgIpc) is 2.32. The molecule has 0 saturated carbocycles. The molecule has 0 aliphatic carbocycles. The molecule has 0 radical (unpaired) electrons. The largest absolute Gasteiger partial charge is 0.480 e. The highest BCUT2D eigenvalue weighted by molar-refractivity contribution is 5.92. The summed E-state index contributed by atoms with van der Waals surface area (Å²) in [7, 11) is 0. The minimum atomic E-state index is -1.29. The lowest BCUT2D eigenvalue weighted by Gasteiger charge is -2.17. The summed E-state index contributed by atoms with van der Waals surface area (Å²) >= 11 is 0. The molecule has 0 fully saturated rings. The smallest absolute Gasteiger partial charge is 0.326 e. The predicted octanol–water partition coefficient (Wildman–Crippen LogP) is 2.72. The molecule has 21 heavy (non-hydrogen) atoms. The van der Waals surface area contributed by atoms with E-state index in [0.717, 1.165) is 0 Å². The summed E-state index contributed by atoms with van der Waals surface area (Å²) in [6.45, 7) is 3.52. The van der Waals surface area contributed by atoms with E-state index in [1.807, 2.05) is 5.32 Å². The Labute approximate surface area is 119 Å². The van der Waals surface area contributed by atoms with Gasteiger partial charge in [0.25, 0.3) is 0 Å². The van der Waals surface area contributed by atoms with Crippen molar-refractivity contribution in [1.29, 1.82) is 0 Å². The number of halogens is 3. The van der Waals surface area contributed by atoms with Crippen molar-refractivity contribution in [2.45, 2.75) is 26.3 Å². The second kappa shape index (κ2) is 6.96. The van der Waals surface area contributed by atoms with E-state index < -0.39 is 41.2 Å². The van der Waals surface area contributed by atoms with Crippen molar-refractivity contribution in [2.24, 2.45) is 5.92 Å². The van der Waals surface area contributed by atoms with Crippen LogP contribution in [0.15, 0.2) is 12.1 Å². The van der Waals surface area contributed by atoms with Gasteiger partial charge < -0.3 is 15.7 Å². The van der Waals surface area contributed by atoms with Gasteiger partial charge in [0.05, 0.1) is 0 Å². The van der Waals surface area contributed by atoms with E-state index >= 15 is 0 Å². The van der Waals surface area contributed by atoms with E-state index in [1.54, 1.807) is 13.8 Å². The number of hydrogen-bond donors (Lipinski definition) is 3. The molecule has 0 aliphatic rings. The predicted molar refractivity (Wildman–Crippen MR) is 69.3 cm³/mol. The fourth-order valence-corrected chi connectivity index (χ4v) is 1.66. The van der Waals surface area contributed by atoms with Gasteiger partial charge >= 0.3 is 12.0 Å². The van der Waals surface area contributed by atoms with Crippen LogP contribution >= 0.6 is 0 Å². The van der Waals surface area contributed by atoms with Crippen molar-refractivity contribution in [1.82, 2.24) is 5.32 Å². The van der Waals surface area contributed by atoms with Gasteiger partial charge in [-0.25, -0.2) is 22.8 Å². The quantitative estimate of drug-likeness (QED) is 0.782. The number of carbonyl (C=O) groups is 2. The van der Waals surface area contributed by atoms with Crippen LogP contribution in [0.3, 0.4) is 0 Å². The maximum atomic E-state index is 13.3. The van der Waals surface area contributed by atoms with Crippen LogP contribution in [0.4, 0.5) is 23.7 Å². The second-order valence-electron chi connectivity index (χ2n) is 4.86. The lowest BCUT2D eigenvalue weighted by atomic mass is 10.0. The van der Waals surface area contributed by atoms with E-state index in [1.165, 1.54) is 0 Å². The molecule has 1 rings (SSSR count). The molecular formula is C13H15F3N2O3. The zero-order valence-electron chi connectivity index (χ0n) is 11.4. The summed E-state index contributed by atoms with van der Waals surface area (Å²) in [6, 6.07) is -1.48. The first-order valence-corrected chi connectivity index (χ1v) is 6.15. The minimum Gasteiger partial charge on any atom is -0.480 e. The van der Waals surface area contributed by atoms with Gasteiger partial charge in [0.1, 0.15) is 17.5 Å². The number of urea groups is 1. The first kappa shape index (κ1) is 16.8. The van der Waals surface area contributed by atoms with Gasteiger partial charge in [0, 0.05) is 12.1 Å². The third kappa shape index (κ3) is 4.97. The molecule has 1 atom stereocenters. The number of aliphatic carboxylic acids is 1. The Morgan fingerprint density at radius 3 is 2.14 bits per heavy atom. The maximum Gasteiger partial charge on any atom is 0.326 e. The van der Waals surface area contributed by atoms with E-state index in [-0.39, 0.29) is 12.3 Å². The fraction of sp³-hybridized carbons (Fsp3) is 0.385. The van der Waals surface area contributed by atoms with Crippen LogP contribution in [-0.4, -0.2) is 23.1 Å². The Hall–Kier alpha value is -2.25. The number of carbonyl (C=O) groups excluding carboxylic acids is 1. The number of carboxylic acid groups (broad SMARTS) is 1. The first-order valence-electron chi connectivity index (χ1n) is 6.15. The highest BCUT2D eigenvalue weighted by Crippen LogP contribution is 2.20. The van der Waals surface area contributed by atoms with Crippen LogP contribution in [0, 0.1) is 23.4 Å². The third-order valence-corrected chi connectivity index (χ3v) is 2.56. The van der Waals surface area contributed by atoms with E-state index in [2.05, 4.69) is 5.32 Å². The maximum absolute atomic E-state index is 13.3. The van der Waals surface area contributed by atoms with Crippen LogP contribution in [0.2, 0.25) is 0 Å². The Morgan fingerprint density at radius 1 is 1.19 bits per heavy atom. The third-order valence-electron chi connectivity index (χ3n) is 2.56. The first-order chi connectivity index (χ1) is 9.70. The van der Waals surface area contributed by atoms with Crippen LogP contribution < -0.4 is 10.6 Å². The van der Waals surface area contributed by atoms with E-state index in [9.17, 15) is 22.8 Å². The summed E-state index contributed by atoms with van der Waals surface area (Å²) in [5, 5.41) is 12.9. The number of hydrogen-bond acceptors (Lipinski definition) is 2. The van der Waals surface area contributed by atoms with Gasteiger partial charge in [-0.05, 0) is 12.3 Å². The summed E-state index contributed by atoms with van der Waals surface area (Å²) in [5.74, 6) is -4.99.